The van der Waals surface area contributed by atoms with Gasteiger partial charge in [0.25, 0.3) is 5.56 Å². The summed E-state index contributed by atoms with van der Waals surface area (Å²) in [6.07, 6.45) is 2.18. The van der Waals surface area contributed by atoms with Gasteiger partial charge < -0.3 is 19.4 Å². The van der Waals surface area contributed by atoms with Crippen LogP contribution in [0.2, 0.25) is 0 Å². The van der Waals surface area contributed by atoms with E-state index in [4.69, 9.17) is 9.47 Å². The summed E-state index contributed by atoms with van der Waals surface area (Å²) in [6.45, 7) is 8.38. The Balaban J connectivity index is 1.62. The fraction of sp³-hybridized carbons (Fsp3) is 0.545. The van der Waals surface area contributed by atoms with Crippen molar-refractivity contribution in [3.05, 3.63) is 51.1 Å². The van der Waals surface area contributed by atoms with Crippen LogP contribution in [-0.4, -0.2) is 64.2 Å². The minimum Gasteiger partial charge on any atom is -0.376 e. The molecule has 164 valence electrons. The van der Waals surface area contributed by atoms with Gasteiger partial charge in [-0.3, -0.25) is 4.79 Å². The van der Waals surface area contributed by atoms with E-state index < -0.39 is 0 Å². The second-order valence-corrected chi connectivity index (χ2v) is 8.66. The topological polar surface area (TPSA) is 99.4 Å². The highest BCUT2D eigenvalue weighted by Crippen LogP contribution is 2.23. The molecular weight excluding hydrogens is 396 g/mol. The number of benzene rings is 1. The molecule has 0 bridgehead atoms. The molecule has 0 aliphatic carbocycles. The first kappa shape index (κ1) is 20.3. The number of H-pyrrole nitrogens is 1. The molecular formula is C22H29N6O3+. The number of nitrogens with zero attached hydrogens (tertiary/aromatic N) is 4. The summed E-state index contributed by atoms with van der Waals surface area (Å²) in [5, 5.41) is 13.7. The second kappa shape index (κ2) is 8.49. The van der Waals surface area contributed by atoms with Crippen LogP contribution < -0.4 is 10.5 Å². The second-order valence-electron chi connectivity index (χ2n) is 8.66. The lowest BCUT2D eigenvalue weighted by Crippen LogP contribution is -3.14. The van der Waals surface area contributed by atoms with Crippen molar-refractivity contribution in [3.63, 3.8) is 0 Å². The van der Waals surface area contributed by atoms with Crippen molar-refractivity contribution in [1.82, 2.24) is 25.2 Å². The van der Waals surface area contributed by atoms with Crippen molar-refractivity contribution in [2.24, 2.45) is 0 Å². The Morgan fingerprint density at radius 3 is 2.84 bits per heavy atom. The molecule has 2 aliphatic heterocycles. The Hall–Kier alpha value is -2.62. The zero-order valence-electron chi connectivity index (χ0n) is 18.1. The smallest absolute Gasteiger partial charge is 0.258 e. The summed E-state index contributed by atoms with van der Waals surface area (Å²) in [6, 6.07) is 5.95. The van der Waals surface area contributed by atoms with Crippen molar-refractivity contribution in [2.45, 2.75) is 45.4 Å². The molecule has 3 aromatic rings. The van der Waals surface area contributed by atoms with Gasteiger partial charge >= 0.3 is 0 Å². The largest absolute Gasteiger partial charge is 0.376 e. The Morgan fingerprint density at radius 1 is 1.23 bits per heavy atom. The third kappa shape index (κ3) is 4.00. The average Bonchev–Trinajstić information content (AvgIpc) is 3.43. The van der Waals surface area contributed by atoms with Crippen LogP contribution in [0.15, 0.2) is 23.0 Å². The summed E-state index contributed by atoms with van der Waals surface area (Å²) in [5.41, 5.74) is 3.72. The van der Waals surface area contributed by atoms with Gasteiger partial charge in [0.15, 0.2) is 6.04 Å². The first-order chi connectivity index (χ1) is 15.1. The van der Waals surface area contributed by atoms with Crippen molar-refractivity contribution < 1.29 is 14.4 Å². The minimum absolute atomic E-state index is 0.0879. The van der Waals surface area contributed by atoms with Gasteiger partial charge in [0.2, 0.25) is 5.82 Å². The number of rotatable bonds is 5. The van der Waals surface area contributed by atoms with Crippen LogP contribution in [0.4, 0.5) is 0 Å². The normalized spacial score (nSPS) is 21.0. The number of pyridine rings is 1. The number of nitrogens with one attached hydrogen (secondary N) is 2. The van der Waals surface area contributed by atoms with Crippen LogP contribution in [0.1, 0.15) is 41.4 Å². The minimum atomic E-state index is -0.269. The predicted molar refractivity (Wildman–Crippen MR) is 114 cm³/mol. The third-order valence-corrected chi connectivity index (χ3v) is 6.39. The molecule has 0 radical (unpaired) electrons. The van der Waals surface area contributed by atoms with Crippen LogP contribution in [0.5, 0.6) is 0 Å². The van der Waals surface area contributed by atoms with E-state index in [9.17, 15) is 4.79 Å². The number of fused-ring (bicyclic) bond motifs is 1. The van der Waals surface area contributed by atoms with Gasteiger partial charge in [0.05, 0.1) is 36.9 Å². The standard InChI is InChI=1S/C22H28N6O3/c1-14-10-15(2)19-16(11-14)12-18(22(29)23-19)20(27-5-8-30-9-6-27)21-24-25-26-28(21)13-17-4-3-7-31-17/h10-12,17,20H,3-9,13H2,1-2H3,(H,23,29)/p+1/t17-,20+/m1/s1. The van der Waals surface area contributed by atoms with Gasteiger partial charge in [-0.2, -0.15) is 0 Å². The number of aromatic nitrogens is 5. The van der Waals surface area contributed by atoms with Gasteiger partial charge in [0.1, 0.15) is 13.1 Å². The summed E-state index contributed by atoms with van der Waals surface area (Å²) in [4.78, 5) is 17.7. The molecule has 2 fully saturated rings. The maximum Gasteiger partial charge on any atom is 0.258 e. The molecule has 2 saturated heterocycles. The van der Waals surface area contributed by atoms with Gasteiger partial charge in [-0.25, -0.2) is 4.68 Å². The molecule has 2 atom stereocenters. The molecule has 5 rings (SSSR count). The molecule has 2 aromatic heterocycles. The number of ether oxygens (including phenoxy) is 2. The molecule has 31 heavy (non-hydrogen) atoms. The Kier molecular flexibility index (Phi) is 5.56. The lowest BCUT2D eigenvalue weighted by atomic mass is 10.0. The fourth-order valence-electron chi connectivity index (χ4n) is 4.91. The molecule has 2 aliphatic rings. The SMILES string of the molecule is Cc1cc(C)c2[nH]c(=O)c([C@@H](c3nnnn3C[C@H]3CCCO3)[NH+]3CCOCC3)cc2c1. The molecule has 0 amide bonds. The maximum atomic E-state index is 13.3. The van der Waals surface area contributed by atoms with E-state index in [0.29, 0.717) is 31.1 Å². The van der Waals surface area contributed by atoms with Gasteiger partial charge in [-0.15, -0.1) is 5.10 Å². The summed E-state index contributed by atoms with van der Waals surface area (Å²) < 4.78 is 13.2. The summed E-state index contributed by atoms with van der Waals surface area (Å²) in [7, 11) is 0. The average molecular weight is 426 g/mol. The first-order valence-corrected chi connectivity index (χ1v) is 11.0. The lowest BCUT2D eigenvalue weighted by molar-refractivity contribution is -0.933. The molecule has 0 spiro atoms. The number of quaternary nitrogens is 1. The molecule has 9 heteroatoms. The molecule has 9 nitrogen and oxygen atoms in total. The third-order valence-electron chi connectivity index (χ3n) is 6.39. The van der Waals surface area contributed by atoms with Crippen molar-refractivity contribution in [1.29, 1.82) is 0 Å². The van der Waals surface area contributed by atoms with Crippen molar-refractivity contribution in [2.75, 3.05) is 32.9 Å². The van der Waals surface area contributed by atoms with E-state index in [1.165, 1.54) is 10.5 Å². The molecule has 0 saturated carbocycles. The zero-order chi connectivity index (χ0) is 21.4. The van der Waals surface area contributed by atoms with E-state index in [1.54, 1.807) is 0 Å². The quantitative estimate of drug-likeness (QED) is 0.611. The van der Waals surface area contributed by atoms with Gasteiger partial charge in [0, 0.05) is 6.61 Å². The Morgan fingerprint density at radius 2 is 2.06 bits per heavy atom. The van der Waals surface area contributed by atoms with Crippen LogP contribution >= 0.6 is 0 Å². The predicted octanol–water partition coefficient (Wildman–Crippen LogP) is 0.315. The number of morpholine rings is 1. The highest BCUT2D eigenvalue weighted by atomic mass is 16.5. The molecule has 4 heterocycles. The lowest BCUT2D eigenvalue weighted by Gasteiger charge is -2.30. The fourth-order valence-corrected chi connectivity index (χ4v) is 4.91. The first-order valence-electron chi connectivity index (χ1n) is 11.0. The van der Waals surface area contributed by atoms with Crippen molar-refractivity contribution in [3.8, 4) is 0 Å². The summed E-state index contributed by atoms with van der Waals surface area (Å²) >= 11 is 0. The van der Waals surface area contributed by atoms with E-state index in [-0.39, 0.29) is 17.7 Å². The highest BCUT2D eigenvalue weighted by Gasteiger charge is 2.35. The van der Waals surface area contributed by atoms with Crippen LogP contribution in [-0.2, 0) is 16.0 Å². The van der Waals surface area contributed by atoms with Crippen LogP contribution in [0.25, 0.3) is 10.9 Å². The number of aryl methyl sites for hydroxylation is 2. The van der Waals surface area contributed by atoms with Gasteiger partial charge in [-0.1, -0.05) is 11.6 Å². The van der Waals surface area contributed by atoms with Crippen molar-refractivity contribution >= 4 is 10.9 Å². The zero-order valence-corrected chi connectivity index (χ0v) is 18.1. The molecule has 1 aromatic carbocycles. The van der Waals surface area contributed by atoms with Crippen LogP contribution in [0, 0.1) is 13.8 Å². The Labute approximate surface area is 180 Å². The molecule has 0 unspecified atom stereocenters. The van der Waals surface area contributed by atoms with Crippen LogP contribution in [0.3, 0.4) is 0 Å². The number of aromatic amines is 1. The number of hydrogen-bond donors (Lipinski definition) is 2. The van der Waals surface area contributed by atoms with E-state index in [0.717, 1.165) is 49.0 Å². The summed E-state index contributed by atoms with van der Waals surface area (Å²) in [5.74, 6) is 0.710. The monoisotopic (exact) mass is 425 g/mol. The van der Waals surface area contributed by atoms with Gasteiger partial charge in [-0.05, 0) is 60.2 Å². The number of tetrazole rings is 1. The number of hydrogen-bond acceptors (Lipinski definition) is 6. The maximum absolute atomic E-state index is 13.3. The van der Waals surface area contributed by atoms with E-state index >= 15 is 0 Å². The highest BCUT2D eigenvalue weighted by molar-refractivity contribution is 5.83. The van der Waals surface area contributed by atoms with E-state index in [2.05, 4.69) is 39.6 Å². The Bertz CT molecular complexity index is 1130. The molecule has 2 N–H and O–H groups in total. The van der Waals surface area contributed by atoms with E-state index in [1.807, 2.05) is 17.7 Å².